The number of ether oxygens (including phenoxy) is 2. The molecule has 0 saturated heterocycles. The molecule has 1 aliphatic rings. The summed E-state index contributed by atoms with van der Waals surface area (Å²) in [6.45, 7) is 1.23. The fourth-order valence-electron chi connectivity index (χ4n) is 3.69. The van der Waals surface area contributed by atoms with Crippen LogP contribution in [0.1, 0.15) is 27.0 Å². The fourth-order valence-corrected chi connectivity index (χ4v) is 3.69. The van der Waals surface area contributed by atoms with Gasteiger partial charge in [0.25, 0.3) is 0 Å². The summed E-state index contributed by atoms with van der Waals surface area (Å²) in [5, 5.41) is 12.6. The Labute approximate surface area is 175 Å². The number of allylic oxidation sites excluding steroid dienone is 1. The molecule has 1 N–H and O–H groups in total. The lowest BCUT2D eigenvalue weighted by Crippen LogP contribution is -3.06. The first-order chi connectivity index (χ1) is 14.6. The predicted molar refractivity (Wildman–Crippen MR) is 113 cm³/mol. The van der Waals surface area contributed by atoms with E-state index in [1.54, 1.807) is 19.3 Å². The molecule has 152 valence electrons. The number of rotatable bonds is 6. The van der Waals surface area contributed by atoms with Gasteiger partial charge in [0.15, 0.2) is 5.76 Å². The minimum absolute atomic E-state index is 0.118. The molecule has 0 fully saturated rings. The third-order valence-corrected chi connectivity index (χ3v) is 5.15. The van der Waals surface area contributed by atoms with Crippen molar-refractivity contribution in [3.05, 3.63) is 94.7 Å². The molecule has 0 spiro atoms. The third-order valence-electron chi connectivity index (χ3n) is 5.15. The molecule has 3 aromatic carbocycles. The van der Waals surface area contributed by atoms with Crippen LogP contribution >= 0.6 is 0 Å². The van der Waals surface area contributed by atoms with Gasteiger partial charge in [-0.15, -0.1) is 0 Å². The van der Waals surface area contributed by atoms with Crippen LogP contribution in [0, 0.1) is 0 Å². The number of ketones is 1. The summed E-state index contributed by atoms with van der Waals surface area (Å²) >= 11 is 0. The topological polar surface area (TPSA) is 63.0 Å². The first-order valence-electron chi connectivity index (χ1n) is 9.82. The van der Waals surface area contributed by atoms with Crippen molar-refractivity contribution in [2.75, 3.05) is 14.2 Å². The van der Waals surface area contributed by atoms with Crippen LogP contribution in [0.2, 0.25) is 0 Å². The van der Waals surface area contributed by atoms with Crippen molar-refractivity contribution in [2.24, 2.45) is 0 Å². The first-order valence-corrected chi connectivity index (χ1v) is 9.82. The first kappa shape index (κ1) is 19.7. The number of quaternary nitrogens is 1. The molecule has 5 heteroatoms. The van der Waals surface area contributed by atoms with Gasteiger partial charge < -0.3 is 19.5 Å². The van der Waals surface area contributed by atoms with Gasteiger partial charge in [0, 0.05) is 16.7 Å². The van der Waals surface area contributed by atoms with E-state index < -0.39 is 0 Å². The summed E-state index contributed by atoms with van der Waals surface area (Å²) < 4.78 is 11.3. The number of nitrogens with one attached hydrogen (secondary N) is 1. The van der Waals surface area contributed by atoms with Crippen molar-refractivity contribution >= 4 is 11.9 Å². The van der Waals surface area contributed by atoms with Gasteiger partial charge in [-0.05, 0) is 18.2 Å². The summed E-state index contributed by atoms with van der Waals surface area (Å²) in [7, 11) is 3.60. The lowest BCUT2D eigenvalue weighted by molar-refractivity contribution is -0.907. The molecular weight excluding hydrogens is 378 g/mol. The average molecular weight is 401 g/mol. The maximum absolute atomic E-state index is 12.9. The average Bonchev–Trinajstić information content (AvgIpc) is 3.07. The number of para-hydroxylation sites is 1. The van der Waals surface area contributed by atoms with Crippen molar-refractivity contribution in [1.29, 1.82) is 0 Å². The fraction of sp³-hybridized carbons (Fsp3) is 0.160. The molecule has 30 heavy (non-hydrogen) atoms. The van der Waals surface area contributed by atoms with Crippen LogP contribution in [0.4, 0.5) is 0 Å². The highest BCUT2D eigenvalue weighted by Crippen LogP contribution is 2.38. The second-order valence-corrected chi connectivity index (χ2v) is 7.40. The molecule has 4 rings (SSSR count). The molecule has 1 unspecified atom stereocenters. The molecule has 1 heterocycles. The Morgan fingerprint density at radius 2 is 1.73 bits per heavy atom. The molecule has 0 aliphatic carbocycles. The van der Waals surface area contributed by atoms with Gasteiger partial charge in [0.05, 0.1) is 19.7 Å². The van der Waals surface area contributed by atoms with Crippen molar-refractivity contribution in [3.63, 3.8) is 0 Å². The highest BCUT2D eigenvalue weighted by Gasteiger charge is 2.31. The Hall–Kier alpha value is -3.57. The smallest absolute Gasteiger partial charge is 0.231 e. The maximum atomic E-state index is 12.9. The minimum atomic E-state index is -0.224. The Bertz CT molecular complexity index is 1110. The van der Waals surface area contributed by atoms with Crippen LogP contribution < -0.4 is 19.5 Å². The van der Waals surface area contributed by atoms with Gasteiger partial charge in [0.2, 0.25) is 5.78 Å². The highest BCUT2D eigenvalue weighted by molar-refractivity contribution is 6.15. The molecule has 0 radical (unpaired) electrons. The van der Waals surface area contributed by atoms with E-state index in [-0.39, 0.29) is 17.3 Å². The van der Waals surface area contributed by atoms with Gasteiger partial charge in [0.1, 0.15) is 24.6 Å². The molecule has 1 atom stereocenters. The molecule has 0 saturated carbocycles. The van der Waals surface area contributed by atoms with Crippen LogP contribution in [0.25, 0.3) is 6.08 Å². The molecule has 1 aliphatic heterocycles. The number of Topliss-reactive ketones (excluding diaryl/α,β-unsaturated/α-hetero) is 1. The summed E-state index contributed by atoms with van der Waals surface area (Å²) in [5.41, 5.74) is 2.88. The Morgan fingerprint density at radius 1 is 1.00 bits per heavy atom. The normalized spacial score (nSPS) is 15.0. The van der Waals surface area contributed by atoms with Gasteiger partial charge >= 0.3 is 0 Å². The van der Waals surface area contributed by atoms with Crippen molar-refractivity contribution in [1.82, 2.24) is 0 Å². The SMILES string of the molecule is COc1ccccc1C=C1Oc2c(ccc([O-])c2C[NH+](C)Cc2ccccc2)C1=O. The van der Waals surface area contributed by atoms with Gasteiger partial charge in [-0.25, -0.2) is 0 Å². The maximum Gasteiger partial charge on any atom is 0.231 e. The summed E-state index contributed by atoms with van der Waals surface area (Å²) in [4.78, 5) is 14.0. The zero-order chi connectivity index (χ0) is 21.1. The lowest BCUT2D eigenvalue weighted by Gasteiger charge is -2.20. The number of fused-ring (bicyclic) bond motifs is 1. The van der Waals surface area contributed by atoms with Gasteiger partial charge in [-0.3, -0.25) is 4.79 Å². The van der Waals surface area contributed by atoms with E-state index in [2.05, 4.69) is 12.1 Å². The molecule has 0 bridgehead atoms. The minimum Gasteiger partial charge on any atom is -0.872 e. The number of benzene rings is 3. The molecule has 3 aromatic rings. The van der Waals surface area contributed by atoms with Gasteiger partial charge in [-0.2, -0.15) is 0 Å². The Balaban J connectivity index is 1.62. The number of carbonyl (C=O) groups is 1. The number of carbonyl (C=O) groups excluding carboxylic acids is 1. The van der Waals surface area contributed by atoms with E-state index in [4.69, 9.17) is 9.47 Å². The Kier molecular flexibility index (Phi) is 5.55. The van der Waals surface area contributed by atoms with Crippen LogP contribution in [0.15, 0.2) is 72.5 Å². The number of hydrogen-bond acceptors (Lipinski definition) is 4. The van der Waals surface area contributed by atoms with Crippen molar-refractivity contribution < 1.29 is 24.3 Å². The number of hydrogen-bond donors (Lipinski definition) is 1. The second kappa shape index (κ2) is 8.43. The third kappa shape index (κ3) is 3.93. The van der Waals surface area contributed by atoms with Crippen LogP contribution in [-0.2, 0) is 13.1 Å². The zero-order valence-corrected chi connectivity index (χ0v) is 17.0. The molecule has 5 nitrogen and oxygen atoms in total. The van der Waals surface area contributed by atoms with E-state index >= 15 is 0 Å². The predicted octanol–water partition coefficient (Wildman–Crippen LogP) is 2.60. The number of methoxy groups -OCH3 is 1. The second-order valence-electron chi connectivity index (χ2n) is 7.40. The standard InChI is InChI=1S/C25H23NO4/c1-26(15-17-8-4-3-5-9-17)16-20-21(27)13-12-19-24(28)23(30-25(19)20)14-18-10-6-7-11-22(18)29-2/h3-14,27H,15-16H2,1-2H3. The van der Waals surface area contributed by atoms with Gasteiger partial charge in [-0.1, -0.05) is 60.3 Å². The molecular formula is C25H23NO4. The summed E-state index contributed by atoms with van der Waals surface area (Å²) in [6.07, 6.45) is 1.66. The van der Waals surface area contributed by atoms with E-state index in [1.165, 1.54) is 11.6 Å². The van der Waals surface area contributed by atoms with E-state index in [9.17, 15) is 9.90 Å². The Morgan fingerprint density at radius 3 is 2.50 bits per heavy atom. The van der Waals surface area contributed by atoms with E-state index in [0.29, 0.717) is 29.2 Å². The van der Waals surface area contributed by atoms with Crippen LogP contribution in [-0.4, -0.2) is 19.9 Å². The van der Waals surface area contributed by atoms with E-state index in [0.717, 1.165) is 17.0 Å². The molecule has 0 aromatic heterocycles. The summed E-state index contributed by atoms with van der Waals surface area (Å²) in [6, 6.07) is 20.5. The monoisotopic (exact) mass is 401 g/mol. The van der Waals surface area contributed by atoms with E-state index in [1.807, 2.05) is 49.5 Å². The van der Waals surface area contributed by atoms with Crippen LogP contribution in [0.3, 0.4) is 0 Å². The van der Waals surface area contributed by atoms with Crippen molar-refractivity contribution in [3.8, 4) is 17.2 Å². The van der Waals surface area contributed by atoms with Crippen molar-refractivity contribution in [2.45, 2.75) is 13.1 Å². The zero-order valence-electron chi connectivity index (χ0n) is 17.0. The molecule has 0 amide bonds. The largest absolute Gasteiger partial charge is 0.872 e. The summed E-state index contributed by atoms with van der Waals surface area (Å²) in [5.74, 6) is 0.877. The quantitative estimate of drug-likeness (QED) is 0.645. The highest BCUT2D eigenvalue weighted by atomic mass is 16.5. The lowest BCUT2D eigenvalue weighted by atomic mass is 10.0. The van der Waals surface area contributed by atoms with Crippen LogP contribution in [0.5, 0.6) is 17.2 Å².